The molecule has 0 N–H and O–H groups in total. The molecule has 1 aromatic carbocycles. The number of ether oxygens (including phenoxy) is 2. The average molecular weight is 309 g/mol. The molecule has 1 saturated carbocycles. The number of hydrogen-bond donors (Lipinski definition) is 0. The van der Waals surface area contributed by atoms with Gasteiger partial charge in [0.2, 0.25) is 0 Å². The molecule has 20 heavy (non-hydrogen) atoms. The van der Waals surface area contributed by atoms with Crippen LogP contribution in [0.1, 0.15) is 36.0 Å². The fourth-order valence-electron chi connectivity index (χ4n) is 2.12. The Kier molecular flexibility index (Phi) is 4.42. The SMILES string of the molecule is O=C(Cl)c1ccc(OC(F)(F)F)c(OC2CCCC2)c1. The van der Waals surface area contributed by atoms with Gasteiger partial charge in [-0.1, -0.05) is 0 Å². The second-order valence-electron chi connectivity index (χ2n) is 4.51. The maximum Gasteiger partial charge on any atom is 0.573 e. The third-order valence-electron chi connectivity index (χ3n) is 2.99. The smallest absolute Gasteiger partial charge is 0.487 e. The van der Waals surface area contributed by atoms with Gasteiger partial charge in [0.05, 0.1) is 6.10 Å². The topological polar surface area (TPSA) is 35.5 Å². The summed E-state index contributed by atoms with van der Waals surface area (Å²) in [5, 5.41) is -0.764. The first-order valence-electron chi connectivity index (χ1n) is 6.11. The first-order chi connectivity index (χ1) is 9.35. The van der Waals surface area contributed by atoms with Gasteiger partial charge in [-0.25, -0.2) is 0 Å². The third-order valence-corrected chi connectivity index (χ3v) is 3.21. The summed E-state index contributed by atoms with van der Waals surface area (Å²) < 4.78 is 46.4. The Labute approximate surface area is 118 Å². The van der Waals surface area contributed by atoms with E-state index in [1.165, 1.54) is 6.07 Å². The van der Waals surface area contributed by atoms with Gasteiger partial charge in [-0.3, -0.25) is 4.79 Å². The van der Waals surface area contributed by atoms with Gasteiger partial charge in [-0.05, 0) is 55.5 Å². The lowest BCUT2D eigenvalue weighted by molar-refractivity contribution is -0.275. The van der Waals surface area contributed by atoms with E-state index in [2.05, 4.69) is 4.74 Å². The maximum absolute atomic E-state index is 12.3. The van der Waals surface area contributed by atoms with E-state index < -0.39 is 17.4 Å². The van der Waals surface area contributed by atoms with Gasteiger partial charge in [0, 0.05) is 5.56 Å². The van der Waals surface area contributed by atoms with Crippen molar-refractivity contribution < 1.29 is 27.4 Å². The predicted octanol–water partition coefficient (Wildman–Crippen LogP) is 4.29. The second-order valence-corrected chi connectivity index (χ2v) is 4.85. The predicted molar refractivity (Wildman–Crippen MR) is 66.2 cm³/mol. The van der Waals surface area contributed by atoms with Crippen molar-refractivity contribution in [1.29, 1.82) is 0 Å². The molecular weight excluding hydrogens is 297 g/mol. The van der Waals surface area contributed by atoms with E-state index in [4.69, 9.17) is 16.3 Å². The minimum absolute atomic E-state index is 0.0641. The molecule has 0 radical (unpaired) electrons. The number of alkyl halides is 3. The van der Waals surface area contributed by atoms with Gasteiger partial charge in [0.15, 0.2) is 11.5 Å². The summed E-state index contributed by atoms with van der Waals surface area (Å²) >= 11 is 5.32. The number of carbonyl (C=O) groups excluding carboxylic acids is 1. The molecule has 0 aromatic heterocycles. The molecule has 2 rings (SSSR count). The first kappa shape index (κ1) is 15.0. The van der Waals surface area contributed by atoms with Gasteiger partial charge in [0.1, 0.15) is 0 Å². The maximum atomic E-state index is 12.3. The number of rotatable bonds is 4. The number of benzene rings is 1. The molecule has 1 aromatic rings. The number of carbonyl (C=O) groups is 1. The Hall–Kier alpha value is -1.43. The van der Waals surface area contributed by atoms with Crippen molar-refractivity contribution in [3.05, 3.63) is 23.8 Å². The van der Waals surface area contributed by atoms with Crippen LogP contribution in [-0.4, -0.2) is 17.7 Å². The van der Waals surface area contributed by atoms with Crippen molar-refractivity contribution in [2.45, 2.75) is 38.1 Å². The molecule has 0 heterocycles. The zero-order chi connectivity index (χ0) is 14.8. The Bertz CT molecular complexity index is 496. The highest BCUT2D eigenvalue weighted by atomic mass is 35.5. The van der Waals surface area contributed by atoms with Gasteiger partial charge in [0.25, 0.3) is 5.24 Å². The van der Waals surface area contributed by atoms with Gasteiger partial charge in [-0.15, -0.1) is 13.2 Å². The lowest BCUT2D eigenvalue weighted by atomic mass is 10.2. The highest BCUT2D eigenvalue weighted by Crippen LogP contribution is 2.36. The van der Waals surface area contributed by atoms with Crippen molar-refractivity contribution in [2.75, 3.05) is 0 Å². The Morgan fingerprint density at radius 2 is 1.85 bits per heavy atom. The highest BCUT2D eigenvalue weighted by Gasteiger charge is 2.33. The van der Waals surface area contributed by atoms with E-state index in [0.29, 0.717) is 0 Å². The summed E-state index contributed by atoms with van der Waals surface area (Å²) in [7, 11) is 0. The van der Waals surface area contributed by atoms with Gasteiger partial charge < -0.3 is 9.47 Å². The fraction of sp³-hybridized carbons (Fsp3) is 0.462. The minimum atomic E-state index is -4.82. The summed E-state index contributed by atoms with van der Waals surface area (Å²) in [5.41, 5.74) is 0.0641. The number of halogens is 4. The van der Waals surface area contributed by atoms with Gasteiger partial charge >= 0.3 is 6.36 Å². The molecular formula is C13H12ClF3O3. The van der Waals surface area contributed by atoms with E-state index in [0.717, 1.165) is 37.8 Å². The Morgan fingerprint density at radius 1 is 1.20 bits per heavy atom. The standard InChI is InChI=1S/C13H12ClF3O3/c14-12(18)8-5-6-10(20-13(15,16)17)11(7-8)19-9-3-1-2-4-9/h5-7,9H,1-4H2. The molecule has 1 fully saturated rings. The van der Waals surface area contributed by atoms with Gasteiger partial charge in [-0.2, -0.15) is 0 Å². The van der Waals surface area contributed by atoms with E-state index in [1.54, 1.807) is 0 Å². The van der Waals surface area contributed by atoms with Crippen molar-refractivity contribution in [2.24, 2.45) is 0 Å². The summed E-state index contributed by atoms with van der Waals surface area (Å²) in [6.45, 7) is 0. The average Bonchev–Trinajstić information content (AvgIpc) is 2.82. The molecule has 3 nitrogen and oxygen atoms in total. The normalized spacial score (nSPS) is 16.2. The quantitative estimate of drug-likeness (QED) is 0.779. The van der Waals surface area contributed by atoms with Crippen LogP contribution in [0, 0.1) is 0 Å². The van der Waals surface area contributed by atoms with Crippen LogP contribution >= 0.6 is 11.6 Å². The fourth-order valence-corrected chi connectivity index (χ4v) is 2.23. The van der Waals surface area contributed by atoms with Crippen LogP contribution in [0.2, 0.25) is 0 Å². The monoisotopic (exact) mass is 308 g/mol. The van der Waals surface area contributed by atoms with Crippen LogP contribution in [0.5, 0.6) is 11.5 Å². The minimum Gasteiger partial charge on any atom is -0.487 e. The molecule has 0 bridgehead atoms. The number of hydrogen-bond acceptors (Lipinski definition) is 3. The van der Waals surface area contributed by atoms with Crippen LogP contribution < -0.4 is 9.47 Å². The molecule has 1 aliphatic carbocycles. The zero-order valence-corrected chi connectivity index (χ0v) is 11.1. The van der Waals surface area contributed by atoms with Crippen molar-refractivity contribution in [1.82, 2.24) is 0 Å². The van der Waals surface area contributed by atoms with Crippen molar-refractivity contribution >= 4 is 16.8 Å². The Morgan fingerprint density at radius 3 is 2.40 bits per heavy atom. The summed E-state index contributed by atoms with van der Waals surface area (Å²) in [4.78, 5) is 11.1. The lowest BCUT2D eigenvalue weighted by Crippen LogP contribution is -2.19. The van der Waals surface area contributed by atoms with E-state index >= 15 is 0 Å². The molecule has 7 heteroatoms. The largest absolute Gasteiger partial charge is 0.573 e. The van der Waals surface area contributed by atoms with E-state index in [9.17, 15) is 18.0 Å². The van der Waals surface area contributed by atoms with E-state index in [-0.39, 0.29) is 17.4 Å². The molecule has 0 atom stereocenters. The van der Waals surface area contributed by atoms with Crippen LogP contribution in [0.15, 0.2) is 18.2 Å². The van der Waals surface area contributed by atoms with Crippen molar-refractivity contribution in [3.8, 4) is 11.5 Å². The lowest BCUT2D eigenvalue weighted by Gasteiger charge is -2.18. The molecule has 0 spiro atoms. The molecule has 0 amide bonds. The van der Waals surface area contributed by atoms with E-state index in [1.807, 2.05) is 0 Å². The second kappa shape index (κ2) is 5.91. The van der Waals surface area contributed by atoms with Crippen molar-refractivity contribution in [3.63, 3.8) is 0 Å². The Balaban J connectivity index is 2.26. The zero-order valence-electron chi connectivity index (χ0n) is 10.4. The summed E-state index contributed by atoms with van der Waals surface area (Å²) in [6.07, 6.45) is -1.51. The summed E-state index contributed by atoms with van der Waals surface area (Å²) in [5.74, 6) is -0.577. The first-order valence-corrected chi connectivity index (χ1v) is 6.49. The van der Waals surface area contributed by atoms with Crippen LogP contribution in [0.3, 0.4) is 0 Å². The van der Waals surface area contributed by atoms with Crippen LogP contribution in [-0.2, 0) is 0 Å². The van der Waals surface area contributed by atoms with Crippen LogP contribution in [0.25, 0.3) is 0 Å². The molecule has 1 aliphatic rings. The highest BCUT2D eigenvalue weighted by molar-refractivity contribution is 6.67. The third kappa shape index (κ3) is 4.03. The molecule has 0 aliphatic heterocycles. The molecule has 0 saturated heterocycles. The molecule has 0 unspecified atom stereocenters. The summed E-state index contributed by atoms with van der Waals surface area (Å²) in [6, 6.07) is 3.38. The van der Waals surface area contributed by atoms with Crippen LogP contribution in [0.4, 0.5) is 13.2 Å². The molecule has 110 valence electrons.